The summed E-state index contributed by atoms with van der Waals surface area (Å²) in [4.78, 5) is 48.1. The van der Waals surface area contributed by atoms with Gasteiger partial charge >= 0.3 is 5.97 Å². The highest BCUT2D eigenvalue weighted by Crippen LogP contribution is 2.40. The monoisotopic (exact) mass is 537 g/mol. The number of carboxylic acids is 1. The van der Waals surface area contributed by atoms with Crippen molar-refractivity contribution in [2.45, 2.75) is 31.4 Å². The molecule has 0 unspecified atom stereocenters. The number of carbonyl (C=O) groups excluding carboxylic acids is 2. The van der Waals surface area contributed by atoms with Crippen LogP contribution in [0.4, 0.5) is 5.13 Å². The molecular formula is C19H23N9O6S2. The summed E-state index contributed by atoms with van der Waals surface area (Å²) in [6, 6.07) is 0.536. The summed E-state index contributed by atoms with van der Waals surface area (Å²) in [7, 11) is 0. The number of β-lactam (4-membered cyclic amide) rings is 1. The highest BCUT2D eigenvalue weighted by Gasteiger charge is 2.54. The van der Waals surface area contributed by atoms with Gasteiger partial charge in [-0.25, -0.2) is 4.79 Å². The van der Waals surface area contributed by atoms with Crippen LogP contribution in [0.3, 0.4) is 0 Å². The van der Waals surface area contributed by atoms with Crippen molar-refractivity contribution in [1.82, 2.24) is 28.9 Å². The molecule has 2 amide bonds. The van der Waals surface area contributed by atoms with Crippen molar-refractivity contribution >= 4 is 51.9 Å². The van der Waals surface area contributed by atoms with Gasteiger partial charge in [-0.2, -0.15) is 9.36 Å². The number of hydrogen-bond acceptors (Lipinski definition) is 12. The van der Waals surface area contributed by atoms with Gasteiger partial charge in [0.1, 0.15) is 29.2 Å². The number of fused-ring (bicyclic) bond motifs is 1. The molecule has 36 heavy (non-hydrogen) atoms. The topological polar surface area (TPSA) is 214 Å². The number of aliphatic hydroxyl groups is 1. The van der Waals surface area contributed by atoms with Gasteiger partial charge in [-0.05, 0) is 18.6 Å². The van der Waals surface area contributed by atoms with Gasteiger partial charge in [0.2, 0.25) is 11.5 Å². The summed E-state index contributed by atoms with van der Waals surface area (Å²) < 4.78 is 7.08. The maximum Gasteiger partial charge on any atom is 0.352 e. The second-order valence-corrected chi connectivity index (χ2v) is 9.47. The molecule has 0 radical (unpaired) electrons. The number of aromatic nitrogens is 4. The van der Waals surface area contributed by atoms with Crippen LogP contribution in [0.5, 0.6) is 0 Å². The highest BCUT2D eigenvalue weighted by molar-refractivity contribution is 8.00. The summed E-state index contributed by atoms with van der Waals surface area (Å²) in [6.45, 7) is 1.95. The number of aliphatic carboxylic acids is 1. The predicted molar refractivity (Wildman–Crippen MR) is 128 cm³/mol. The van der Waals surface area contributed by atoms with Crippen molar-refractivity contribution in [2.75, 3.05) is 24.7 Å². The largest absolute Gasteiger partial charge is 0.477 e. The average Bonchev–Trinajstić information content (AvgIpc) is 3.43. The van der Waals surface area contributed by atoms with Crippen molar-refractivity contribution in [3.05, 3.63) is 34.8 Å². The number of nitrogens with two attached hydrogens (primary N) is 1. The third-order valence-corrected chi connectivity index (χ3v) is 7.23. The zero-order valence-electron chi connectivity index (χ0n) is 18.9. The minimum Gasteiger partial charge on any atom is -0.477 e. The molecule has 17 heteroatoms. The van der Waals surface area contributed by atoms with Crippen molar-refractivity contribution < 1.29 is 29.4 Å². The molecule has 2 atom stereocenters. The van der Waals surface area contributed by atoms with Gasteiger partial charge in [-0.1, -0.05) is 5.16 Å². The second kappa shape index (κ2) is 10.5. The third-order valence-electron chi connectivity index (χ3n) is 5.35. The molecule has 0 bridgehead atoms. The summed E-state index contributed by atoms with van der Waals surface area (Å²) in [6.07, 6.45) is 1.61. The van der Waals surface area contributed by atoms with Gasteiger partial charge in [0.05, 0.1) is 19.7 Å². The van der Waals surface area contributed by atoms with E-state index in [-0.39, 0.29) is 59.9 Å². The molecule has 2 aromatic rings. The first kappa shape index (κ1) is 25.4. The van der Waals surface area contributed by atoms with Crippen LogP contribution in [0, 0.1) is 5.41 Å². The quantitative estimate of drug-likeness (QED) is 0.133. The molecule has 0 aliphatic carbocycles. The van der Waals surface area contributed by atoms with E-state index in [9.17, 15) is 24.6 Å². The molecule has 192 valence electrons. The number of rotatable bonds is 10. The van der Waals surface area contributed by atoms with Gasteiger partial charge in [0.15, 0.2) is 5.13 Å². The number of carbonyl (C=O) groups is 3. The highest BCUT2D eigenvalue weighted by atomic mass is 32.2. The van der Waals surface area contributed by atoms with E-state index < -0.39 is 29.2 Å². The van der Waals surface area contributed by atoms with E-state index >= 15 is 0 Å². The number of aliphatic hydroxyl groups excluding tert-OH is 1. The van der Waals surface area contributed by atoms with Crippen LogP contribution >= 0.6 is 23.3 Å². The van der Waals surface area contributed by atoms with Gasteiger partial charge in [-0.3, -0.25) is 29.3 Å². The van der Waals surface area contributed by atoms with Crippen LogP contribution in [0.2, 0.25) is 0 Å². The Bertz CT molecular complexity index is 1310. The number of oxime groups is 1. The lowest BCUT2D eigenvalue weighted by molar-refractivity contribution is -0.150. The Kier molecular flexibility index (Phi) is 7.41. The van der Waals surface area contributed by atoms with Crippen LogP contribution in [-0.4, -0.2) is 87.7 Å². The van der Waals surface area contributed by atoms with Gasteiger partial charge in [0.25, 0.3) is 11.8 Å². The Morgan fingerprint density at radius 3 is 2.86 bits per heavy atom. The van der Waals surface area contributed by atoms with E-state index in [1.165, 1.54) is 22.5 Å². The Hall–Kier alpha value is -3.70. The second-order valence-electron chi connectivity index (χ2n) is 7.58. The van der Waals surface area contributed by atoms with Crippen molar-refractivity contribution in [3.8, 4) is 0 Å². The number of nitrogen functional groups attached to an aromatic ring is 1. The van der Waals surface area contributed by atoms with E-state index in [4.69, 9.17) is 16.0 Å². The lowest BCUT2D eigenvalue weighted by Gasteiger charge is -2.49. The fraction of sp³-hybridized carbons (Fsp3) is 0.421. The minimum absolute atomic E-state index is 0.0477. The lowest BCUT2D eigenvalue weighted by atomic mass is 10.0. The Morgan fingerprint density at radius 2 is 2.22 bits per heavy atom. The van der Waals surface area contributed by atoms with E-state index in [1.807, 2.05) is 0 Å². The summed E-state index contributed by atoms with van der Waals surface area (Å²) in [5.74, 6) is -2.40. The number of nitrogens with one attached hydrogen (secondary N) is 2. The normalized spacial score (nSPS) is 19.7. The minimum atomic E-state index is -1.28. The SMILES string of the molecule is CCO/N=C(\C(=O)N[C@@H]1C(=O)N2C(C(=O)O)=C(Cn3ccc(=N)n3CCO)CS[C@H]12)c1nsc(N)n1. The van der Waals surface area contributed by atoms with Crippen molar-refractivity contribution in [2.24, 2.45) is 5.16 Å². The van der Waals surface area contributed by atoms with Crippen LogP contribution in [0.15, 0.2) is 28.7 Å². The molecule has 1 saturated heterocycles. The molecule has 4 heterocycles. The molecule has 2 aliphatic heterocycles. The Balaban J connectivity index is 1.55. The van der Waals surface area contributed by atoms with E-state index in [1.54, 1.807) is 17.8 Å². The number of hydrogen-bond donors (Lipinski definition) is 5. The maximum atomic E-state index is 13.0. The number of nitrogens with zero attached hydrogens (tertiary/aromatic N) is 6. The van der Waals surface area contributed by atoms with Gasteiger partial charge in [0, 0.05) is 23.5 Å². The number of amides is 2. The molecule has 0 spiro atoms. The van der Waals surface area contributed by atoms with Crippen LogP contribution < -0.4 is 16.5 Å². The average molecular weight is 538 g/mol. The summed E-state index contributed by atoms with van der Waals surface area (Å²) >= 11 is 2.17. The van der Waals surface area contributed by atoms with Crippen LogP contribution in [-0.2, 0) is 32.3 Å². The molecule has 0 saturated carbocycles. The fourth-order valence-corrected chi connectivity index (χ4v) is 5.57. The molecule has 2 aromatic heterocycles. The first-order valence-corrected chi connectivity index (χ1v) is 12.5. The van der Waals surface area contributed by atoms with Crippen LogP contribution in [0.25, 0.3) is 0 Å². The Labute approximate surface area is 211 Å². The number of anilines is 1. The molecule has 0 aromatic carbocycles. The number of carboxylic acid groups (broad SMARTS) is 1. The van der Waals surface area contributed by atoms with Gasteiger partial charge < -0.3 is 26.1 Å². The first-order chi connectivity index (χ1) is 17.3. The Morgan fingerprint density at radius 1 is 1.44 bits per heavy atom. The molecule has 6 N–H and O–H groups in total. The number of thioether (sulfide) groups is 1. The maximum absolute atomic E-state index is 13.0. The van der Waals surface area contributed by atoms with E-state index in [0.717, 1.165) is 16.4 Å². The van der Waals surface area contributed by atoms with E-state index in [0.29, 0.717) is 5.57 Å². The third kappa shape index (κ3) is 4.71. The van der Waals surface area contributed by atoms with Crippen LogP contribution in [0.1, 0.15) is 12.7 Å². The standard InChI is InChI=1S/C19H23N9O6S2/c1-2-34-24-11(14-23-19(21)36-25-14)15(30)22-12-16(31)28-13(18(32)33)9(8-35-17(12)28)7-26-4-3-10(20)27(26)5-6-29/h3-4,12,17,20,29H,2,5-8H2,1H3,(H,22,30)(H,32,33)(H2,21,23,25)/b20-10?,24-11-/t12-,17-/m1/s1. The lowest BCUT2D eigenvalue weighted by Crippen LogP contribution is -2.71. The summed E-state index contributed by atoms with van der Waals surface area (Å²) in [5, 5.41) is 32.9. The molecule has 15 nitrogen and oxygen atoms in total. The fourth-order valence-electron chi connectivity index (χ4n) is 3.80. The van der Waals surface area contributed by atoms with E-state index in [2.05, 4.69) is 19.8 Å². The molecular weight excluding hydrogens is 514 g/mol. The smallest absolute Gasteiger partial charge is 0.352 e. The molecule has 4 rings (SSSR count). The first-order valence-electron chi connectivity index (χ1n) is 10.7. The predicted octanol–water partition coefficient (Wildman–Crippen LogP) is -1.63. The van der Waals surface area contributed by atoms with Crippen molar-refractivity contribution in [1.29, 1.82) is 5.41 Å². The zero-order chi connectivity index (χ0) is 26.0. The zero-order valence-corrected chi connectivity index (χ0v) is 20.6. The van der Waals surface area contributed by atoms with Crippen molar-refractivity contribution in [3.63, 3.8) is 0 Å². The summed E-state index contributed by atoms with van der Waals surface area (Å²) in [5.41, 5.74) is 5.81. The van der Waals surface area contributed by atoms with Gasteiger partial charge in [-0.15, -0.1) is 11.8 Å². The molecule has 1 fully saturated rings. The molecule has 2 aliphatic rings.